The van der Waals surface area contributed by atoms with Gasteiger partial charge in [-0.1, -0.05) is 35.9 Å². The fourth-order valence-corrected chi connectivity index (χ4v) is 3.37. The Morgan fingerprint density at radius 1 is 0.963 bits per heavy atom. The summed E-state index contributed by atoms with van der Waals surface area (Å²) in [7, 11) is 2.14. The predicted molar refractivity (Wildman–Crippen MR) is 114 cm³/mol. The van der Waals surface area contributed by atoms with Gasteiger partial charge in [-0.2, -0.15) is 4.98 Å². The van der Waals surface area contributed by atoms with Crippen molar-refractivity contribution >= 4 is 34.3 Å². The van der Waals surface area contributed by atoms with Gasteiger partial charge in [0, 0.05) is 43.1 Å². The summed E-state index contributed by atoms with van der Waals surface area (Å²) < 4.78 is 0. The zero-order chi connectivity index (χ0) is 18.8. The zero-order valence-electron chi connectivity index (χ0n) is 15.7. The maximum absolute atomic E-state index is 6.10. The van der Waals surface area contributed by atoms with Crippen LogP contribution in [0, 0.1) is 0 Å². The normalized spacial score (nSPS) is 15.3. The molecule has 1 N–H and O–H groups in total. The first-order valence-electron chi connectivity index (χ1n) is 9.39. The number of benzene rings is 2. The molecule has 2 heterocycles. The predicted octanol–water partition coefficient (Wildman–Crippen LogP) is 4.13. The van der Waals surface area contributed by atoms with Crippen molar-refractivity contribution in [3.63, 3.8) is 0 Å². The van der Waals surface area contributed by atoms with Crippen molar-refractivity contribution in [2.75, 3.05) is 50.0 Å². The van der Waals surface area contributed by atoms with E-state index in [1.54, 1.807) is 0 Å². The minimum Gasteiger partial charge on any atom is -0.370 e. The van der Waals surface area contributed by atoms with Crippen LogP contribution in [0.3, 0.4) is 0 Å². The lowest BCUT2D eigenvalue weighted by molar-refractivity contribution is 0.311. The molecule has 0 amide bonds. The van der Waals surface area contributed by atoms with Gasteiger partial charge in [-0.05, 0) is 43.3 Å². The van der Waals surface area contributed by atoms with Gasteiger partial charge in [0.05, 0.1) is 5.52 Å². The summed E-state index contributed by atoms with van der Waals surface area (Å²) in [6.07, 6.45) is 0. The van der Waals surface area contributed by atoms with Crippen LogP contribution in [0.4, 0.5) is 11.8 Å². The summed E-state index contributed by atoms with van der Waals surface area (Å²) in [6.45, 7) is 6.88. The molecule has 2 aromatic rings. The van der Waals surface area contributed by atoms with E-state index in [0.717, 1.165) is 55.4 Å². The summed E-state index contributed by atoms with van der Waals surface area (Å²) in [4.78, 5) is 14.0. The Bertz CT molecular complexity index is 912. The Labute approximate surface area is 165 Å². The van der Waals surface area contributed by atoms with Gasteiger partial charge < -0.3 is 15.1 Å². The molecule has 27 heavy (non-hydrogen) atoms. The zero-order valence-corrected chi connectivity index (χ0v) is 16.5. The standard InChI is InChI=1S/C15H20ClN5.C6H4/c1-3-17-14-12-10-11(16)4-5-13(12)18-15(19-14)21-8-6-20(2)7-9-21;1-2-6-4-3-5(1)6/h4-5,10H,3,6-9H2,1-2H3,(H,17,18,19);1-4H. The molecule has 1 aromatic carbocycles. The number of anilines is 2. The van der Waals surface area contributed by atoms with Crippen molar-refractivity contribution in [1.29, 1.82) is 0 Å². The third-order valence-electron chi connectivity index (χ3n) is 4.99. The second kappa shape index (κ2) is 7.71. The van der Waals surface area contributed by atoms with E-state index in [4.69, 9.17) is 21.6 Å². The minimum atomic E-state index is 0.706. The van der Waals surface area contributed by atoms with Crippen LogP contribution in [-0.4, -0.2) is 54.6 Å². The van der Waals surface area contributed by atoms with Crippen molar-refractivity contribution < 1.29 is 0 Å². The van der Waals surface area contributed by atoms with Crippen molar-refractivity contribution in [1.82, 2.24) is 14.9 Å². The van der Waals surface area contributed by atoms with E-state index in [1.807, 2.05) is 18.2 Å². The van der Waals surface area contributed by atoms with Gasteiger partial charge in [0.15, 0.2) is 0 Å². The van der Waals surface area contributed by atoms with Crippen LogP contribution in [0.2, 0.25) is 5.02 Å². The Kier molecular flexibility index (Phi) is 5.14. The Morgan fingerprint density at radius 3 is 2.19 bits per heavy atom. The average molecular weight is 382 g/mol. The summed E-state index contributed by atoms with van der Waals surface area (Å²) in [5.41, 5.74) is 3.78. The van der Waals surface area contributed by atoms with Crippen LogP contribution in [0.5, 0.6) is 0 Å². The largest absolute Gasteiger partial charge is 0.370 e. The van der Waals surface area contributed by atoms with E-state index in [9.17, 15) is 0 Å². The second-order valence-corrected chi connectivity index (χ2v) is 7.37. The fraction of sp³-hybridized carbons (Fsp3) is 0.333. The van der Waals surface area contributed by atoms with E-state index in [0.29, 0.717) is 5.02 Å². The number of rotatable bonds is 3. The average Bonchev–Trinajstić information content (AvgIpc) is 2.66. The molecule has 0 bridgehead atoms. The minimum absolute atomic E-state index is 0.706. The van der Waals surface area contributed by atoms with Gasteiger partial charge in [0.25, 0.3) is 0 Å². The molecule has 0 unspecified atom stereocenters. The molecule has 2 aliphatic carbocycles. The molecule has 0 saturated carbocycles. The SMILES string of the molecule is CCNc1nc(N2CCN(C)CC2)nc2ccc(Cl)cc12.c1cc2ccc1-2. The highest BCUT2D eigenvalue weighted by Gasteiger charge is 2.18. The summed E-state index contributed by atoms with van der Waals surface area (Å²) in [6, 6.07) is 14.2. The number of nitrogens with one attached hydrogen (secondary N) is 1. The maximum Gasteiger partial charge on any atom is 0.227 e. The van der Waals surface area contributed by atoms with E-state index in [1.165, 1.54) is 11.1 Å². The van der Waals surface area contributed by atoms with Crippen molar-refractivity contribution in [3.8, 4) is 11.1 Å². The van der Waals surface area contributed by atoms with Crippen LogP contribution in [-0.2, 0) is 0 Å². The molecule has 1 fully saturated rings. The maximum atomic E-state index is 6.10. The Balaban J connectivity index is 0.000000250. The molecule has 1 saturated heterocycles. The van der Waals surface area contributed by atoms with E-state index in [2.05, 4.69) is 53.4 Å². The highest BCUT2D eigenvalue weighted by atomic mass is 35.5. The van der Waals surface area contributed by atoms with E-state index < -0.39 is 0 Å². The molecule has 0 radical (unpaired) electrons. The lowest BCUT2D eigenvalue weighted by Gasteiger charge is -2.32. The first-order valence-corrected chi connectivity index (χ1v) is 9.77. The molecular weight excluding hydrogens is 358 g/mol. The van der Waals surface area contributed by atoms with Crippen LogP contribution >= 0.6 is 11.6 Å². The Hall–Kier alpha value is -2.37. The van der Waals surface area contributed by atoms with E-state index >= 15 is 0 Å². The highest BCUT2D eigenvalue weighted by molar-refractivity contribution is 6.31. The topological polar surface area (TPSA) is 44.3 Å². The first kappa shape index (κ1) is 18.0. The number of aromatic nitrogens is 2. The quantitative estimate of drug-likeness (QED) is 0.578. The Morgan fingerprint density at radius 2 is 1.63 bits per heavy atom. The highest BCUT2D eigenvalue weighted by Crippen LogP contribution is 2.29. The number of fused-ring (bicyclic) bond motifs is 2. The van der Waals surface area contributed by atoms with Gasteiger partial charge >= 0.3 is 0 Å². The third-order valence-corrected chi connectivity index (χ3v) is 5.23. The molecule has 3 aliphatic rings. The second-order valence-electron chi connectivity index (χ2n) is 6.93. The summed E-state index contributed by atoms with van der Waals surface area (Å²) >= 11 is 6.10. The molecule has 1 aromatic heterocycles. The van der Waals surface area contributed by atoms with E-state index in [-0.39, 0.29) is 0 Å². The molecule has 0 spiro atoms. The lowest BCUT2D eigenvalue weighted by Crippen LogP contribution is -2.45. The number of hydrogen-bond donors (Lipinski definition) is 1. The molecular formula is C21H24ClN5. The number of piperazine rings is 1. The fourth-order valence-electron chi connectivity index (χ4n) is 3.20. The van der Waals surface area contributed by atoms with Crippen LogP contribution in [0.1, 0.15) is 6.92 Å². The number of likely N-dealkylation sites (N-methyl/N-ethyl adjacent to an activating group) is 1. The number of hydrogen-bond acceptors (Lipinski definition) is 5. The molecule has 1 aliphatic heterocycles. The van der Waals surface area contributed by atoms with Crippen molar-refractivity contribution in [2.45, 2.75) is 6.92 Å². The van der Waals surface area contributed by atoms with Gasteiger partial charge in [-0.15, -0.1) is 0 Å². The lowest BCUT2D eigenvalue weighted by atomic mass is 9.95. The number of halogens is 1. The monoisotopic (exact) mass is 381 g/mol. The third kappa shape index (κ3) is 3.84. The van der Waals surface area contributed by atoms with Gasteiger partial charge in [0.2, 0.25) is 5.95 Å². The summed E-state index contributed by atoms with van der Waals surface area (Å²) in [5, 5.41) is 5.00. The molecule has 5 nitrogen and oxygen atoms in total. The van der Waals surface area contributed by atoms with Crippen LogP contribution < -0.4 is 10.2 Å². The van der Waals surface area contributed by atoms with Gasteiger partial charge in [-0.3, -0.25) is 0 Å². The van der Waals surface area contributed by atoms with Crippen LogP contribution in [0.15, 0.2) is 42.5 Å². The van der Waals surface area contributed by atoms with Crippen molar-refractivity contribution in [2.24, 2.45) is 0 Å². The molecule has 5 rings (SSSR count). The van der Waals surface area contributed by atoms with Crippen LogP contribution in [0.25, 0.3) is 22.0 Å². The van der Waals surface area contributed by atoms with Crippen molar-refractivity contribution in [3.05, 3.63) is 47.5 Å². The smallest absolute Gasteiger partial charge is 0.227 e. The molecule has 0 atom stereocenters. The first-order chi connectivity index (χ1) is 13.1. The van der Waals surface area contributed by atoms with Gasteiger partial charge in [0.1, 0.15) is 5.82 Å². The number of nitrogens with zero attached hydrogens (tertiary/aromatic N) is 4. The molecule has 140 valence electrons. The molecule has 6 heteroatoms. The van der Waals surface area contributed by atoms with Gasteiger partial charge in [-0.25, -0.2) is 4.98 Å². The summed E-state index contributed by atoms with van der Waals surface area (Å²) in [5.74, 6) is 1.66.